The number of amides is 1. The zero-order valence-corrected chi connectivity index (χ0v) is 10.3. The lowest BCUT2D eigenvalue weighted by Crippen LogP contribution is -2.32. The summed E-state index contributed by atoms with van der Waals surface area (Å²) in [6, 6.07) is 7.02. The van der Waals surface area contributed by atoms with Gasteiger partial charge in [0.1, 0.15) is 6.29 Å². The van der Waals surface area contributed by atoms with Gasteiger partial charge in [-0.1, -0.05) is 24.3 Å². The van der Waals surface area contributed by atoms with Crippen LogP contribution in [0.1, 0.15) is 36.7 Å². The number of hydrogen-bond acceptors (Lipinski definition) is 3. The minimum absolute atomic E-state index is 0.361. The molecule has 0 saturated carbocycles. The van der Waals surface area contributed by atoms with Crippen molar-refractivity contribution in [3.05, 3.63) is 35.4 Å². The molecule has 1 rings (SSSR count). The van der Waals surface area contributed by atoms with Crippen LogP contribution in [0, 0.1) is 0 Å². The second-order valence-corrected chi connectivity index (χ2v) is 4.74. The number of nitrogens with zero attached hydrogens (tertiary/aromatic N) is 1. The second kappa shape index (κ2) is 5.59. The van der Waals surface area contributed by atoms with Crippen LogP contribution in [0.3, 0.4) is 0 Å². The highest BCUT2D eigenvalue weighted by atomic mass is 16.7. The molecule has 0 radical (unpaired) electrons. The molecule has 0 aliphatic heterocycles. The number of aldehydes is 1. The Hall–Kier alpha value is -1.68. The van der Waals surface area contributed by atoms with E-state index in [1.54, 1.807) is 24.3 Å². The largest absolute Gasteiger partial charge is 0.298 e. The maximum absolute atomic E-state index is 10.9. The van der Waals surface area contributed by atoms with E-state index < -0.39 is 5.60 Å². The normalized spacial score (nSPS) is 11.0. The molecule has 1 aromatic rings. The van der Waals surface area contributed by atoms with Gasteiger partial charge < -0.3 is 0 Å². The highest BCUT2D eigenvalue weighted by molar-refractivity contribution is 5.74. The van der Waals surface area contributed by atoms with Crippen LogP contribution < -0.4 is 0 Å². The van der Waals surface area contributed by atoms with Crippen molar-refractivity contribution in [2.45, 2.75) is 32.9 Å². The van der Waals surface area contributed by atoms with E-state index in [9.17, 15) is 9.59 Å². The lowest BCUT2D eigenvalue weighted by molar-refractivity contribution is -0.220. The van der Waals surface area contributed by atoms with Gasteiger partial charge in [0.15, 0.2) is 0 Å². The minimum atomic E-state index is -0.413. The highest BCUT2D eigenvalue weighted by Crippen LogP contribution is 2.12. The zero-order chi connectivity index (χ0) is 12.9. The van der Waals surface area contributed by atoms with Crippen molar-refractivity contribution in [1.29, 1.82) is 0 Å². The Morgan fingerprint density at radius 2 is 1.76 bits per heavy atom. The Bertz CT molecular complexity index is 379. The first-order valence-corrected chi connectivity index (χ1v) is 5.40. The molecule has 0 unspecified atom stereocenters. The monoisotopic (exact) mass is 235 g/mol. The fraction of sp³-hybridized carbons (Fsp3) is 0.385. The van der Waals surface area contributed by atoms with Crippen LogP contribution in [-0.4, -0.2) is 23.4 Å². The Balaban J connectivity index is 2.67. The lowest BCUT2D eigenvalue weighted by atomic mass is 10.1. The smallest absolute Gasteiger partial charge is 0.233 e. The molecule has 0 aliphatic carbocycles. The van der Waals surface area contributed by atoms with Crippen molar-refractivity contribution in [1.82, 2.24) is 5.06 Å². The van der Waals surface area contributed by atoms with Crippen LogP contribution in [0.2, 0.25) is 0 Å². The van der Waals surface area contributed by atoms with Gasteiger partial charge in [-0.2, -0.15) is 0 Å². The van der Waals surface area contributed by atoms with E-state index in [1.807, 2.05) is 20.8 Å². The summed E-state index contributed by atoms with van der Waals surface area (Å²) >= 11 is 0. The predicted molar refractivity (Wildman–Crippen MR) is 64.3 cm³/mol. The molecular formula is C13H17NO3. The molecule has 0 aromatic heterocycles. The molecular weight excluding hydrogens is 218 g/mol. The molecule has 0 heterocycles. The first-order valence-electron chi connectivity index (χ1n) is 5.40. The summed E-state index contributed by atoms with van der Waals surface area (Å²) in [6.07, 6.45) is 1.44. The van der Waals surface area contributed by atoms with Gasteiger partial charge >= 0.3 is 0 Å². The van der Waals surface area contributed by atoms with Crippen molar-refractivity contribution in [3.63, 3.8) is 0 Å². The quantitative estimate of drug-likeness (QED) is 0.580. The maximum atomic E-state index is 10.9. The molecule has 4 heteroatoms. The molecule has 4 nitrogen and oxygen atoms in total. The Labute approximate surface area is 101 Å². The lowest BCUT2D eigenvalue weighted by Gasteiger charge is -2.26. The number of rotatable bonds is 5. The summed E-state index contributed by atoms with van der Waals surface area (Å²) in [5.74, 6) is 0. The minimum Gasteiger partial charge on any atom is -0.298 e. The summed E-state index contributed by atoms with van der Waals surface area (Å²) < 4.78 is 0. The van der Waals surface area contributed by atoms with E-state index in [1.165, 1.54) is 5.06 Å². The molecule has 0 atom stereocenters. The molecule has 0 saturated heterocycles. The van der Waals surface area contributed by atoms with Crippen molar-refractivity contribution in [3.8, 4) is 0 Å². The number of benzene rings is 1. The topological polar surface area (TPSA) is 46.6 Å². The van der Waals surface area contributed by atoms with E-state index >= 15 is 0 Å². The molecule has 1 aromatic carbocycles. The van der Waals surface area contributed by atoms with E-state index in [0.717, 1.165) is 11.8 Å². The van der Waals surface area contributed by atoms with Crippen LogP contribution in [0.15, 0.2) is 24.3 Å². The van der Waals surface area contributed by atoms with Gasteiger partial charge in [-0.3, -0.25) is 14.4 Å². The fourth-order valence-corrected chi connectivity index (χ4v) is 1.32. The van der Waals surface area contributed by atoms with Gasteiger partial charge in [-0.05, 0) is 26.3 Å². The van der Waals surface area contributed by atoms with Gasteiger partial charge in [0.25, 0.3) is 0 Å². The van der Waals surface area contributed by atoms with Crippen molar-refractivity contribution >= 4 is 12.7 Å². The van der Waals surface area contributed by atoms with E-state index in [2.05, 4.69) is 0 Å². The van der Waals surface area contributed by atoms with E-state index in [4.69, 9.17) is 4.84 Å². The van der Waals surface area contributed by atoms with Crippen LogP contribution in [0.5, 0.6) is 0 Å². The van der Waals surface area contributed by atoms with E-state index in [-0.39, 0.29) is 0 Å². The first-order chi connectivity index (χ1) is 7.94. The number of carbonyl (C=O) groups is 2. The standard InChI is InChI=1S/C13H17NO3/c1-13(2,3)17-14(10-16)8-11-4-6-12(9-15)7-5-11/h4-7,9-10H,8H2,1-3H3. The second-order valence-electron chi connectivity index (χ2n) is 4.74. The average Bonchev–Trinajstić information content (AvgIpc) is 2.27. The molecule has 0 bridgehead atoms. The number of carbonyl (C=O) groups excluding carboxylic acids is 2. The SMILES string of the molecule is CC(C)(C)ON(C=O)Cc1ccc(C=O)cc1. The third-order valence-electron chi connectivity index (χ3n) is 1.96. The molecule has 0 aliphatic rings. The third kappa shape index (κ3) is 4.78. The summed E-state index contributed by atoms with van der Waals surface area (Å²) in [4.78, 5) is 26.8. The molecule has 0 N–H and O–H groups in total. The van der Waals surface area contributed by atoms with Crippen LogP contribution in [0.25, 0.3) is 0 Å². The van der Waals surface area contributed by atoms with Crippen LogP contribution >= 0.6 is 0 Å². The molecule has 17 heavy (non-hydrogen) atoms. The molecule has 0 spiro atoms. The Kier molecular flexibility index (Phi) is 4.40. The van der Waals surface area contributed by atoms with Crippen molar-refractivity contribution in [2.24, 2.45) is 0 Å². The van der Waals surface area contributed by atoms with Gasteiger partial charge in [0.2, 0.25) is 6.41 Å². The summed E-state index contributed by atoms with van der Waals surface area (Å²) in [6.45, 7) is 5.98. The van der Waals surface area contributed by atoms with Gasteiger partial charge in [-0.25, -0.2) is 5.06 Å². The van der Waals surface area contributed by atoms with Gasteiger partial charge in [0.05, 0.1) is 12.1 Å². The number of hydroxylamine groups is 2. The highest BCUT2D eigenvalue weighted by Gasteiger charge is 2.16. The predicted octanol–water partition coefficient (Wildman–Crippen LogP) is 2.19. The Morgan fingerprint density at radius 3 is 2.18 bits per heavy atom. The summed E-state index contributed by atoms with van der Waals surface area (Å²) in [5.41, 5.74) is 1.11. The molecule has 1 amide bonds. The average molecular weight is 235 g/mol. The molecule has 0 fully saturated rings. The van der Waals surface area contributed by atoms with Crippen molar-refractivity contribution in [2.75, 3.05) is 0 Å². The Morgan fingerprint density at radius 1 is 1.18 bits per heavy atom. The van der Waals surface area contributed by atoms with E-state index in [0.29, 0.717) is 18.5 Å². The van der Waals surface area contributed by atoms with Crippen LogP contribution in [-0.2, 0) is 16.2 Å². The fourth-order valence-electron chi connectivity index (χ4n) is 1.32. The van der Waals surface area contributed by atoms with Gasteiger partial charge in [-0.15, -0.1) is 0 Å². The summed E-state index contributed by atoms with van der Waals surface area (Å²) in [7, 11) is 0. The summed E-state index contributed by atoms with van der Waals surface area (Å²) in [5, 5.41) is 1.25. The maximum Gasteiger partial charge on any atom is 0.233 e. The number of hydrogen-bond donors (Lipinski definition) is 0. The zero-order valence-electron chi connectivity index (χ0n) is 10.3. The van der Waals surface area contributed by atoms with Crippen LogP contribution in [0.4, 0.5) is 0 Å². The molecule has 92 valence electrons. The van der Waals surface area contributed by atoms with Gasteiger partial charge in [0, 0.05) is 5.56 Å². The first kappa shape index (κ1) is 13.4. The van der Waals surface area contributed by atoms with Crippen molar-refractivity contribution < 1.29 is 14.4 Å². The third-order valence-corrected chi connectivity index (χ3v) is 1.96.